The molecule has 0 spiro atoms. The van der Waals surface area contributed by atoms with Crippen molar-refractivity contribution in [1.82, 2.24) is 10.2 Å². The zero-order valence-corrected chi connectivity index (χ0v) is 13.2. The molecule has 2 atom stereocenters. The predicted molar refractivity (Wildman–Crippen MR) is 81.9 cm³/mol. The maximum absolute atomic E-state index is 5.30. The molecular weight excluding hydrogens is 236 g/mol. The molecule has 0 heterocycles. The highest BCUT2D eigenvalue weighted by Crippen LogP contribution is 2.24. The largest absolute Gasteiger partial charge is 0.497 e. The van der Waals surface area contributed by atoms with Crippen molar-refractivity contribution in [2.24, 2.45) is 0 Å². The molecule has 0 fully saturated rings. The summed E-state index contributed by atoms with van der Waals surface area (Å²) < 4.78 is 5.30. The molecule has 0 radical (unpaired) electrons. The van der Waals surface area contributed by atoms with Gasteiger partial charge in [0.1, 0.15) is 5.75 Å². The van der Waals surface area contributed by atoms with E-state index in [1.165, 1.54) is 5.56 Å². The molecule has 1 rings (SSSR count). The van der Waals surface area contributed by atoms with E-state index in [0.29, 0.717) is 6.04 Å². The van der Waals surface area contributed by atoms with Gasteiger partial charge in [-0.05, 0) is 58.6 Å². The van der Waals surface area contributed by atoms with Crippen LogP contribution in [0.15, 0.2) is 24.3 Å². The summed E-state index contributed by atoms with van der Waals surface area (Å²) in [5.74, 6) is 0.926. The number of methoxy groups -OCH3 is 1. The number of ether oxygens (including phenoxy) is 1. The van der Waals surface area contributed by atoms with Gasteiger partial charge < -0.3 is 15.0 Å². The van der Waals surface area contributed by atoms with Gasteiger partial charge >= 0.3 is 0 Å². The van der Waals surface area contributed by atoms with E-state index in [9.17, 15) is 0 Å². The maximum atomic E-state index is 5.30. The number of hydrogen-bond acceptors (Lipinski definition) is 3. The Kier molecular flexibility index (Phi) is 5.83. The van der Waals surface area contributed by atoms with Crippen LogP contribution in [0.2, 0.25) is 0 Å². The average molecular weight is 264 g/mol. The van der Waals surface area contributed by atoms with Gasteiger partial charge in [0, 0.05) is 11.6 Å². The quantitative estimate of drug-likeness (QED) is 0.819. The molecule has 1 aromatic carbocycles. The molecule has 3 heteroatoms. The SMILES string of the molecule is CCC(C)(C(Cc1cccc(OC)c1)NC)N(C)C. The fourth-order valence-corrected chi connectivity index (χ4v) is 2.54. The van der Waals surface area contributed by atoms with Crippen molar-refractivity contribution in [1.29, 1.82) is 0 Å². The number of hydrogen-bond donors (Lipinski definition) is 1. The fourth-order valence-electron chi connectivity index (χ4n) is 2.54. The topological polar surface area (TPSA) is 24.5 Å². The summed E-state index contributed by atoms with van der Waals surface area (Å²) in [6.45, 7) is 4.56. The number of nitrogens with one attached hydrogen (secondary N) is 1. The minimum Gasteiger partial charge on any atom is -0.497 e. The lowest BCUT2D eigenvalue weighted by Crippen LogP contribution is -2.56. The molecule has 0 aliphatic heterocycles. The van der Waals surface area contributed by atoms with Crippen LogP contribution in [0.3, 0.4) is 0 Å². The fraction of sp³-hybridized carbons (Fsp3) is 0.625. The van der Waals surface area contributed by atoms with E-state index in [-0.39, 0.29) is 5.54 Å². The molecule has 0 bridgehead atoms. The summed E-state index contributed by atoms with van der Waals surface area (Å²) in [5.41, 5.74) is 1.44. The van der Waals surface area contributed by atoms with Crippen molar-refractivity contribution in [3.05, 3.63) is 29.8 Å². The predicted octanol–water partition coefficient (Wildman–Crippen LogP) is 2.56. The van der Waals surface area contributed by atoms with Crippen LogP contribution >= 0.6 is 0 Å². The Morgan fingerprint density at radius 1 is 1.37 bits per heavy atom. The van der Waals surface area contributed by atoms with Gasteiger partial charge in [0.15, 0.2) is 0 Å². The minimum atomic E-state index is 0.137. The first-order chi connectivity index (χ1) is 8.97. The molecule has 0 amide bonds. The van der Waals surface area contributed by atoms with Gasteiger partial charge in [0.25, 0.3) is 0 Å². The second kappa shape index (κ2) is 6.92. The molecule has 0 aromatic heterocycles. The van der Waals surface area contributed by atoms with Crippen LogP contribution in [-0.4, -0.2) is 44.7 Å². The van der Waals surface area contributed by atoms with Crippen LogP contribution in [0.25, 0.3) is 0 Å². The maximum Gasteiger partial charge on any atom is 0.119 e. The van der Waals surface area contributed by atoms with Crippen LogP contribution in [-0.2, 0) is 6.42 Å². The molecule has 0 aliphatic rings. The molecule has 2 unspecified atom stereocenters. The van der Waals surface area contributed by atoms with E-state index in [1.54, 1.807) is 7.11 Å². The summed E-state index contributed by atoms with van der Waals surface area (Å²) in [6.07, 6.45) is 2.10. The summed E-state index contributed by atoms with van der Waals surface area (Å²) in [6, 6.07) is 8.73. The van der Waals surface area contributed by atoms with Crippen molar-refractivity contribution >= 4 is 0 Å². The third kappa shape index (κ3) is 3.71. The highest BCUT2D eigenvalue weighted by Gasteiger charge is 2.33. The Bertz CT molecular complexity index is 392. The summed E-state index contributed by atoms with van der Waals surface area (Å²) in [7, 11) is 8.06. The van der Waals surface area contributed by atoms with Gasteiger partial charge in [-0.15, -0.1) is 0 Å². The molecule has 0 saturated heterocycles. The smallest absolute Gasteiger partial charge is 0.119 e. The van der Waals surface area contributed by atoms with Crippen molar-refractivity contribution in [3.8, 4) is 5.75 Å². The minimum absolute atomic E-state index is 0.137. The third-order valence-electron chi connectivity index (χ3n) is 4.41. The Balaban J connectivity index is 2.92. The van der Waals surface area contributed by atoms with Gasteiger partial charge in [0.05, 0.1) is 7.11 Å². The first-order valence-electron chi connectivity index (χ1n) is 6.95. The molecular formula is C16H28N2O. The van der Waals surface area contributed by atoms with Gasteiger partial charge in [-0.3, -0.25) is 0 Å². The van der Waals surface area contributed by atoms with Gasteiger partial charge in [-0.25, -0.2) is 0 Å². The molecule has 3 nitrogen and oxygen atoms in total. The standard InChI is InChI=1S/C16H28N2O/c1-7-16(2,18(4)5)15(17-3)12-13-9-8-10-14(11-13)19-6/h8-11,15,17H,7,12H2,1-6H3. The van der Waals surface area contributed by atoms with Crippen molar-refractivity contribution < 1.29 is 4.74 Å². The first-order valence-corrected chi connectivity index (χ1v) is 6.95. The monoisotopic (exact) mass is 264 g/mol. The lowest BCUT2D eigenvalue weighted by molar-refractivity contribution is 0.116. The molecule has 19 heavy (non-hydrogen) atoms. The number of nitrogens with zero attached hydrogens (tertiary/aromatic N) is 1. The van der Waals surface area contributed by atoms with E-state index in [0.717, 1.165) is 18.6 Å². The van der Waals surface area contributed by atoms with E-state index in [2.05, 4.69) is 56.4 Å². The van der Waals surface area contributed by atoms with Crippen LogP contribution in [0.5, 0.6) is 5.75 Å². The Morgan fingerprint density at radius 3 is 2.53 bits per heavy atom. The Morgan fingerprint density at radius 2 is 2.05 bits per heavy atom. The van der Waals surface area contributed by atoms with E-state index < -0.39 is 0 Å². The Hall–Kier alpha value is -1.06. The van der Waals surface area contributed by atoms with Gasteiger partial charge in [0.2, 0.25) is 0 Å². The second-order valence-corrected chi connectivity index (χ2v) is 5.50. The van der Waals surface area contributed by atoms with Gasteiger partial charge in [-0.1, -0.05) is 19.1 Å². The number of rotatable bonds is 7. The van der Waals surface area contributed by atoms with Crippen molar-refractivity contribution in [2.45, 2.75) is 38.3 Å². The number of likely N-dealkylation sites (N-methyl/N-ethyl adjacent to an activating group) is 2. The molecule has 1 N–H and O–H groups in total. The molecule has 0 aliphatic carbocycles. The van der Waals surface area contributed by atoms with Crippen LogP contribution in [0.1, 0.15) is 25.8 Å². The Labute approximate surface area is 118 Å². The lowest BCUT2D eigenvalue weighted by atomic mass is 9.84. The zero-order chi connectivity index (χ0) is 14.5. The van der Waals surface area contributed by atoms with Gasteiger partial charge in [-0.2, -0.15) is 0 Å². The van der Waals surface area contributed by atoms with Crippen LogP contribution < -0.4 is 10.1 Å². The summed E-state index contributed by atoms with van der Waals surface area (Å²) >= 11 is 0. The number of benzene rings is 1. The molecule has 0 saturated carbocycles. The third-order valence-corrected chi connectivity index (χ3v) is 4.41. The first kappa shape index (κ1) is 16.0. The summed E-state index contributed by atoms with van der Waals surface area (Å²) in [5, 5.41) is 3.48. The van der Waals surface area contributed by atoms with Crippen molar-refractivity contribution in [2.75, 3.05) is 28.3 Å². The van der Waals surface area contributed by atoms with E-state index in [4.69, 9.17) is 4.74 Å². The molecule has 108 valence electrons. The van der Waals surface area contributed by atoms with E-state index in [1.807, 2.05) is 13.1 Å². The van der Waals surface area contributed by atoms with Crippen LogP contribution in [0, 0.1) is 0 Å². The second-order valence-electron chi connectivity index (χ2n) is 5.50. The summed E-state index contributed by atoms with van der Waals surface area (Å²) in [4.78, 5) is 2.31. The highest BCUT2D eigenvalue weighted by atomic mass is 16.5. The lowest BCUT2D eigenvalue weighted by Gasteiger charge is -2.42. The average Bonchev–Trinajstić information content (AvgIpc) is 2.43. The van der Waals surface area contributed by atoms with Crippen molar-refractivity contribution in [3.63, 3.8) is 0 Å². The zero-order valence-electron chi connectivity index (χ0n) is 13.2. The molecule has 1 aromatic rings. The van der Waals surface area contributed by atoms with E-state index >= 15 is 0 Å². The normalized spacial score (nSPS) is 16.2. The van der Waals surface area contributed by atoms with Crippen LogP contribution in [0.4, 0.5) is 0 Å². The highest BCUT2D eigenvalue weighted by molar-refractivity contribution is 5.29.